The first-order valence-corrected chi connectivity index (χ1v) is 9.42. The normalized spacial score (nSPS) is 10.4. The topological polar surface area (TPSA) is 46.9 Å². The van der Waals surface area contributed by atoms with Crippen LogP contribution in [0.15, 0.2) is 65.3 Å². The standard InChI is InChI=1S/C21H21ClN2O3S/c1-25-18-10-5-15(20(12-18)26-2)13-24(14-19-4-3-11-27-19)21(28)23-17-8-6-16(22)7-9-17/h3-12H,13-14H2,1-2H3,(H,23,28). The second kappa shape index (κ2) is 9.48. The summed E-state index contributed by atoms with van der Waals surface area (Å²) in [6, 6.07) is 16.9. The Balaban J connectivity index is 1.82. The number of halogens is 1. The Morgan fingerprint density at radius 2 is 1.86 bits per heavy atom. The first-order chi connectivity index (χ1) is 13.6. The van der Waals surface area contributed by atoms with Gasteiger partial charge in [-0.2, -0.15) is 0 Å². The minimum Gasteiger partial charge on any atom is -0.497 e. The molecule has 0 amide bonds. The van der Waals surface area contributed by atoms with Crippen LogP contribution in [0.25, 0.3) is 0 Å². The summed E-state index contributed by atoms with van der Waals surface area (Å²) < 4.78 is 16.3. The molecule has 28 heavy (non-hydrogen) atoms. The lowest BCUT2D eigenvalue weighted by atomic mass is 10.1. The molecule has 0 unspecified atom stereocenters. The molecule has 1 heterocycles. The summed E-state index contributed by atoms with van der Waals surface area (Å²) in [5, 5.41) is 4.49. The molecular formula is C21H21ClN2O3S. The van der Waals surface area contributed by atoms with E-state index in [1.54, 1.807) is 20.5 Å². The van der Waals surface area contributed by atoms with Crippen LogP contribution in [0.5, 0.6) is 11.5 Å². The van der Waals surface area contributed by atoms with Crippen molar-refractivity contribution < 1.29 is 13.9 Å². The summed E-state index contributed by atoms with van der Waals surface area (Å²) in [5.41, 5.74) is 1.84. The minimum absolute atomic E-state index is 0.515. The average molecular weight is 417 g/mol. The highest BCUT2D eigenvalue weighted by atomic mass is 35.5. The van der Waals surface area contributed by atoms with Crippen LogP contribution in [0.2, 0.25) is 5.02 Å². The highest BCUT2D eigenvalue weighted by Crippen LogP contribution is 2.27. The van der Waals surface area contributed by atoms with E-state index in [1.165, 1.54) is 0 Å². The van der Waals surface area contributed by atoms with Gasteiger partial charge < -0.3 is 24.1 Å². The van der Waals surface area contributed by atoms with Crippen LogP contribution in [0, 0.1) is 0 Å². The fraction of sp³-hybridized carbons (Fsp3) is 0.190. The van der Waals surface area contributed by atoms with Crippen molar-refractivity contribution in [2.24, 2.45) is 0 Å². The van der Waals surface area contributed by atoms with E-state index < -0.39 is 0 Å². The van der Waals surface area contributed by atoms with Crippen LogP contribution in [0.3, 0.4) is 0 Å². The van der Waals surface area contributed by atoms with Crippen molar-refractivity contribution in [2.45, 2.75) is 13.1 Å². The van der Waals surface area contributed by atoms with Gasteiger partial charge >= 0.3 is 0 Å². The Labute approximate surface area is 174 Å². The monoisotopic (exact) mass is 416 g/mol. The number of furan rings is 1. The summed E-state index contributed by atoms with van der Waals surface area (Å²) in [5.74, 6) is 2.28. The highest BCUT2D eigenvalue weighted by molar-refractivity contribution is 7.80. The molecule has 3 aromatic rings. The maximum Gasteiger partial charge on any atom is 0.174 e. The van der Waals surface area contributed by atoms with Crippen molar-refractivity contribution in [1.82, 2.24) is 4.90 Å². The zero-order chi connectivity index (χ0) is 19.9. The second-order valence-corrected chi connectivity index (χ2v) is 6.87. The van der Waals surface area contributed by atoms with E-state index in [2.05, 4.69) is 5.32 Å². The molecule has 3 rings (SSSR count). The van der Waals surface area contributed by atoms with Gasteiger partial charge in [0.05, 0.1) is 27.0 Å². The van der Waals surface area contributed by atoms with Crippen LogP contribution in [-0.4, -0.2) is 24.2 Å². The third-order valence-electron chi connectivity index (χ3n) is 4.16. The third-order valence-corrected chi connectivity index (χ3v) is 4.78. The van der Waals surface area contributed by atoms with Crippen molar-refractivity contribution in [2.75, 3.05) is 19.5 Å². The van der Waals surface area contributed by atoms with Gasteiger partial charge in [-0.05, 0) is 60.7 Å². The van der Waals surface area contributed by atoms with Crippen molar-refractivity contribution >= 4 is 34.6 Å². The van der Waals surface area contributed by atoms with E-state index in [-0.39, 0.29) is 0 Å². The Morgan fingerprint density at radius 1 is 1.07 bits per heavy atom. The number of thiocarbonyl (C=S) groups is 1. The number of methoxy groups -OCH3 is 2. The smallest absolute Gasteiger partial charge is 0.174 e. The number of hydrogen-bond donors (Lipinski definition) is 1. The number of rotatable bonds is 7. The Hall–Kier alpha value is -2.70. The lowest BCUT2D eigenvalue weighted by Gasteiger charge is -2.26. The Kier molecular flexibility index (Phi) is 6.79. The first kappa shape index (κ1) is 20.0. The number of nitrogens with one attached hydrogen (secondary N) is 1. The lowest BCUT2D eigenvalue weighted by Crippen LogP contribution is -2.33. The average Bonchev–Trinajstić information content (AvgIpc) is 3.22. The van der Waals surface area contributed by atoms with Gasteiger partial charge in [0.1, 0.15) is 17.3 Å². The zero-order valence-electron chi connectivity index (χ0n) is 15.6. The van der Waals surface area contributed by atoms with Gasteiger partial charge in [0.25, 0.3) is 0 Å². The maximum absolute atomic E-state index is 5.96. The van der Waals surface area contributed by atoms with Crippen molar-refractivity contribution in [1.29, 1.82) is 0 Å². The molecule has 5 nitrogen and oxygen atoms in total. The zero-order valence-corrected chi connectivity index (χ0v) is 17.2. The number of anilines is 1. The largest absolute Gasteiger partial charge is 0.497 e. The van der Waals surface area contributed by atoms with Crippen LogP contribution >= 0.6 is 23.8 Å². The van der Waals surface area contributed by atoms with Gasteiger partial charge in [0, 0.05) is 28.9 Å². The molecule has 0 fully saturated rings. The molecule has 1 N–H and O–H groups in total. The number of benzene rings is 2. The maximum atomic E-state index is 5.96. The molecule has 0 aliphatic carbocycles. The number of ether oxygens (including phenoxy) is 2. The van der Waals surface area contributed by atoms with Crippen LogP contribution in [-0.2, 0) is 13.1 Å². The molecule has 0 atom stereocenters. The molecule has 146 valence electrons. The van der Waals surface area contributed by atoms with Gasteiger partial charge in [-0.1, -0.05) is 11.6 Å². The predicted octanol–water partition coefficient (Wildman–Crippen LogP) is 5.35. The second-order valence-electron chi connectivity index (χ2n) is 6.05. The lowest BCUT2D eigenvalue weighted by molar-refractivity contribution is 0.346. The fourth-order valence-corrected chi connectivity index (χ4v) is 3.09. The van der Waals surface area contributed by atoms with Gasteiger partial charge in [-0.15, -0.1) is 0 Å². The summed E-state index contributed by atoms with van der Waals surface area (Å²) in [6.07, 6.45) is 1.65. The highest BCUT2D eigenvalue weighted by Gasteiger charge is 2.16. The van der Waals surface area contributed by atoms with Gasteiger partial charge in [-0.25, -0.2) is 0 Å². The molecule has 0 bridgehead atoms. The molecule has 2 aromatic carbocycles. The van der Waals surface area contributed by atoms with Crippen molar-refractivity contribution in [3.63, 3.8) is 0 Å². The fourth-order valence-electron chi connectivity index (χ4n) is 2.71. The molecule has 1 aromatic heterocycles. The molecule has 0 aliphatic rings. The van der Waals surface area contributed by atoms with E-state index in [0.29, 0.717) is 23.2 Å². The quantitative estimate of drug-likeness (QED) is 0.524. The van der Waals surface area contributed by atoms with Crippen LogP contribution < -0.4 is 14.8 Å². The molecule has 0 spiro atoms. The van der Waals surface area contributed by atoms with Crippen LogP contribution in [0.4, 0.5) is 5.69 Å². The van der Waals surface area contributed by atoms with E-state index in [0.717, 1.165) is 28.5 Å². The molecule has 0 saturated carbocycles. The predicted molar refractivity (Wildman–Crippen MR) is 115 cm³/mol. The van der Waals surface area contributed by atoms with E-state index in [1.807, 2.05) is 59.5 Å². The Morgan fingerprint density at radius 3 is 2.50 bits per heavy atom. The number of nitrogens with zero attached hydrogens (tertiary/aromatic N) is 1. The minimum atomic E-state index is 0.515. The SMILES string of the molecule is COc1ccc(CN(Cc2ccco2)C(=S)Nc2ccc(Cl)cc2)c(OC)c1. The Bertz CT molecular complexity index is 914. The molecule has 0 radical (unpaired) electrons. The van der Waals surface area contributed by atoms with Gasteiger partial charge in [0.15, 0.2) is 5.11 Å². The summed E-state index contributed by atoms with van der Waals surface area (Å²) >= 11 is 11.6. The van der Waals surface area contributed by atoms with Crippen molar-refractivity contribution in [3.8, 4) is 11.5 Å². The van der Waals surface area contributed by atoms with E-state index >= 15 is 0 Å². The summed E-state index contributed by atoms with van der Waals surface area (Å²) in [4.78, 5) is 2.01. The van der Waals surface area contributed by atoms with E-state index in [4.69, 9.17) is 37.7 Å². The molecule has 0 saturated heterocycles. The summed E-state index contributed by atoms with van der Waals surface area (Å²) in [7, 11) is 3.27. The van der Waals surface area contributed by atoms with Gasteiger partial charge in [0.2, 0.25) is 0 Å². The third kappa shape index (κ3) is 5.18. The molecule has 7 heteroatoms. The first-order valence-electron chi connectivity index (χ1n) is 8.64. The van der Waals surface area contributed by atoms with E-state index in [9.17, 15) is 0 Å². The molecule has 0 aliphatic heterocycles. The van der Waals surface area contributed by atoms with Crippen LogP contribution in [0.1, 0.15) is 11.3 Å². The molecular weight excluding hydrogens is 396 g/mol. The number of hydrogen-bond acceptors (Lipinski definition) is 4. The van der Waals surface area contributed by atoms with Crippen molar-refractivity contribution in [3.05, 3.63) is 77.2 Å². The summed E-state index contributed by atoms with van der Waals surface area (Å²) in [6.45, 7) is 1.05. The van der Waals surface area contributed by atoms with Gasteiger partial charge in [-0.3, -0.25) is 0 Å².